The van der Waals surface area contributed by atoms with Gasteiger partial charge in [-0.15, -0.1) is 0 Å². The number of aromatic hydroxyl groups is 1. The number of aryl methyl sites for hydroxylation is 1. The number of phenols is 1. The first-order chi connectivity index (χ1) is 27.7. The van der Waals surface area contributed by atoms with Crippen molar-refractivity contribution in [2.24, 2.45) is 23.8 Å². The van der Waals surface area contributed by atoms with Gasteiger partial charge in [-0.1, -0.05) is 63.4 Å². The van der Waals surface area contributed by atoms with Gasteiger partial charge in [0.25, 0.3) is 16.0 Å². The Labute approximate surface area is 341 Å². The van der Waals surface area contributed by atoms with E-state index in [2.05, 4.69) is 44.9 Å². The molecule has 2 atom stereocenters. The number of ketones is 1. The van der Waals surface area contributed by atoms with Gasteiger partial charge in [0.05, 0.1) is 37.0 Å². The predicted octanol–water partition coefficient (Wildman–Crippen LogP) is 5.34. The second kappa shape index (κ2) is 18.7. The highest BCUT2D eigenvalue weighted by Gasteiger charge is 2.65. The van der Waals surface area contributed by atoms with Gasteiger partial charge in [0, 0.05) is 44.4 Å². The summed E-state index contributed by atoms with van der Waals surface area (Å²) in [5, 5.41) is 20.5. The van der Waals surface area contributed by atoms with Gasteiger partial charge >= 0.3 is 0 Å². The molecule has 15 heteroatoms. The molecule has 1 unspecified atom stereocenters. The number of hydrogen-bond donors (Lipinski definition) is 4. The lowest BCUT2D eigenvalue weighted by Crippen LogP contribution is -2.45. The maximum absolute atomic E-state index is 13.3. The fourth-order valence-electron chi connectivity index (χ4n) is 9.35. The summed E-state index contributed by atoms with van der Waals surface area (Å²) < 4.78 is 44.3. The third-order valence-electron chi connectivity index (χ3n) is 12.8. The zero-order valence-corrected chi connectivity index (χ0v) is 34.8. The van der Waals surface area contributed by atoms with E-state index < -0.39 is 21.3 Å². The molecule has 1 aromatic heterocycles. The molecule has 316 valence electrons. The number of benzene rings is 2. The highest BCUT2D eigenvalue weighted by Crippen LogP contribution is 2.64. The van der Waals surface area contributed by atoms with E-state index in [1.807, 2.05) is 39.4 Å². The molecule has 4 aliphatic rings. The van der Waals surface area contributed by atoms with Gasteiger partial charge in [0.1, 0.15) is 17.2 Å². The van der Waals surface area contributed by atoms with E-state index >= 15 is 0 Å². The van der Waals surface area contributed by atoms with Crippen LogP contribution in [0.2, 0.25) is 0 Å². The molecule has 58 heavy (non-hydrogen) atoms. The van der Waals surface area contributed by atoms with Crippen molar-refractivity contribution < 1.29 is 41.9 Å². The fraction of sp³-hybridized carbons (Fsp3) is 0.581. The molecule has 2 bridgehead atoms. The molecule has 2 amide bonds. The van der Waals surface area contributed by atoms with E-state index in [0.717, 1.165) is 42.4 Å². The SMILES string of the molecule is CC1(C)C2CC[C@@]1(CS(=O)(=O)O)C(=O)C2.Cn1cc(-c2cccc(CCOCCC(=O)N(CCNCCc3ccc(O)c4c3OCC(=O)N4)C3CCCCC3)c2)cn1. The van der Waals surface area contributed by atoms with Gasteiger partial charge in [-0.2, -0.15) is 13.5 Å². The van der Waals surface area contributed by atoms with Crippen LogP contribution in [0, 0.1) is 16.7 Å². The smallest absolute Gasteiger partial charge is 0.265 e. The Morgan fingerprint density at radius 3 is 2.55 bits per heavy atom. The number of ether oxygens (including phenoxy) is 2. The number of rotatable bonds is 16. The number of hydrogen-bond acceptors (Lipinski definition) is 10. The molecular formula is C43H59N5O9S. The third-order valence-corrected chi connectivity index (χ3v) is 13.7. The summed E-state index contributed by atoms with van der Waals surface area (Å²) >= 11 is 0. The van der Waals surface area contributed by atoms with E-state index in [9.17, 15) is 27.9 Å². The van der Waals surface area contributed by atoms with Crippen LogP contribution in [0.5, 0.6) is 11.5 Å². The number of phenolic OH excluding ortho intramolecular Hbond substituents is 1. The van der Waals surface area contributed by atoms with Crippen LogP contribution in [0.3, 0.4) is 0 Å². The second-order valence-electron chi connectivity index (χ2n) is 16.8. The number of carbonyl (C=O) groups excluding carboxylic acids is 3. The highest BCUT2D eigenvalue weighted by atomic mass is 32.2. The summed E-state index contributed by atoms with van der Waals surface area (Å²) in [6, 6.07) is 12.1. The average Bonchev–Trinajstić information content (AvgIpc) is 3.78. The van der Waals surface area contributed by atoms with E-state index in [1.54, 1.807) is 10.7 Å². The van der Waals surface area contributed by atoms with Crippen LogP contribution in [-0.2, 0) is 49.1 Å². The number of anilines is 1. The van der Waals surface area contributed by atoms with Crippen molar-refractivity contribution in [3.8, 4) is 22.6 Å². The Kier molecular flexibility index (Phi) is 14.0. The first-order valence-electron chi connectivity index (χ1n) is 20.6. The standard InChI is InChI=1S/C33H43N5O5.C10H16O4S/c1-37-22-27(21-35-37)26-7-5-6-24(20-26)13-18-42-19-14-31(41)38(28-8-3-2-4-9-28)17-16-34-15-12-25-10-11-29(39)32-33(25)43-23-30(40)36-32;1-9(2)7-3-4-10(9,8(11)5-7)6-15(12,13)14/h5-7,10-11,20-22,28,34,39H,2-4,8-9,12-19,23H2,1H3,(H,36,40);7H,3-6H2,1-2H3,(H,12,13,14)/t;7?,10-/m.1/s1. The maximum Gasteiger partial charge on any atom is 0.265 e. The Hall–Kier alpha value is -4.31. The monoisotopic (exact) mass is 821 g/mol. The second-order valence-corrected chi connectivity index (χ2v) is 18.2. The minimum atomic E-state index is -4.08. The summed E-state index contributed by atoms with van der Waals surface area (Å²) in [7, 11) is -2.16. The fourth-order valence-corrected chi connectivity index (χ4v) is 10.7. The summed E-state index contributed by atoms with van der Waals surface area (Å²) in [4.78, 5) is 38.9. The minimum absolute atomic E-state index is 0.000376. The van der Waals surface area contributed by atoms with E-state index in [-0.39, 0.29) is 41.3 Å². The number of Topliss-reactive ketones (excluding diaryl/α,β-unsaturated/α-hetero) is 1. The molecule has 2 aromatic carbocycles. The summed E-state index contributed by atoms with van der Waals surface area (Å²) in [6.45, 7) is 6.86. The quantitative estimate of drug-likeness (QED) is 0.0830. The number of nitrogens with one attached hydrogen (secondary N) is 2. The first kappa shape index (κ1) is 43.3. The molecule has 7 rings (SSSR count). The van der Waals surface area contributed by atoms with Crippen molar-refractivity contribution in [3.05, 3.63) is 59.9 Å². The van der Waals surface area contributed by atoms with Crippen LogP contribution >= 0.6 is 0 Å². The molecule has 0 saturated heterocycles. The summed E-state index contributed by atoms with van der Waals surface area (Å²) in [6.07, 6.45) is 13.4. The average molecular weight is 822 g/mol. The molecule has 3 aromatic rings. The number of fused-ring (bicyclic) bond motifs is 3. The lowest BCUT2D eigenvalue weighted by Gasteiger charge is -2.35. The predicted molar refractivity (Wildman–Crippen MR) is 220 cm³/mol. The van der Waals surface area contributed by atoms with Crippen LogP contribution in [0.25, 0.3) is 11.1 Å². The lowest BCUT2D eigenvalue weighted by atomic mass is 9.70. The van der Waals surface area contributed by atoms with Crippen LogP contribution in [0.1, 0.15) is 82.8 Å². The molecule has 1 aliphatic heterocycles. The zero-order chi connectivity index (χ0) is 41.5. The molecule has 2 heterocycles. The van der Waals surface area contributed by atoms with Gasteiger partial charge < -0.3 is 30.1 Å². The maximum atomic E-state index is 13.3. The van der Waals surface area contributed by atoms with Gasteiger partial charge in [-0.3, -0.25) is 23.6 Å². The van der Waals surface area contributed by atoms with E-state index in [4.69, 9.17) is 14.0 Å². The Morgan fingerprint density at radius 2 is 1.86 bits per heavy atom. The summed E-state index contributed by atoms with van der Waals surface area (Å²) in [5.41, 5.74) is 3.57. The molecule has 3 aliphatic carbocycles. The molecular weight excluding hydrogens is 763 g/mol. The normalized spacial score (nSPS) is 21.1. The molecule has 3 fully saturated rings. The van der Waals surface area contributed by atoms with Crippen LogP contribution in [0.15, 0.2) is 48.8 Å². The Morgan fingerprint density at radius 1 is 1.07 bits per heavy atom. The van der Waals surface area contributed by atoms with Crippen LogP contribution in [-0.4, -0.2) is 102 Å². The molecule has 14 nitrogen and oxygen atoms in total. The molecule has 3 saturated carbocycles. The van der Waals surface area contributed by atoms with Crippen molar-refractivity contribution in [1.29, 1.82) is 0 Å². The van der Waals surface area contributed by atoms with Gasteiger partial charge in [-0.05, 0) is 79.2 Å². The number of amides is 2. The first-order valence-corrected chi connectivity index (χ1v) is 22.2. The van der Waals surface area contributed by atoms with Crippen molar-refractivity contribution in [2.75, 3.05) is 50.5 Å². The minimum Gasteiger partial charge on any atom is -0.506 e. The van der Waals surface area contributed by atoms with E-state index in [1.165, 1.54) is 24.8 Å². The largest absolute Gasteiger partial charge is 0.506 e. The van der Waals surface area contributed by atoms with Crippen molar-refractivity contribution in [2.45, 2.75) is 90.5 Å². The molecule has 0 spiro atoms. The topological polar surface area (TPSA) is 189 Å². The van der Waals surface area contributed by atoms with Crippen molar-refractivity contribution in [1.82, 2.24) is 20.0 Å². The molecule has 0 radical (unpaired) electrons. The number of aromatic nitrogens is 2. The van der Waals surface area contributed by atoms with Crippen molar-refractivity contribution in [3.63, 3.8) is 0 Å². The van der Waals surface area contributed by atoms with Gasteiger partial charge in [0.15, 0.2) is 12.4 Å². The van der Waals surface area contributed by atoms with Crippen LogP contribution in [0.4, 0.5) is 5.69 Å². The number of carbonyl (C=O) groups is 3. The number of nitrogens with zero attached hydrogens (tertiary/aromatic N) is 3. The summed E-state index contributed by atoms with van der Waals surface area (Å²) in [5.74, 6) is 0.309. The third kappa shape index (κ3) is 10.3. The van der Waals surface area contributed by atoms with Crippen LogP contribution < -0.4 is 15.4 Å². The van der Waals surface area contributed by atoms with E-state index in [0.29, 0.717) is 76.0 Å². The lowest BCUT2D eigenvalue weighted by molar-refractivity contribution is -0.135. The van der Waals surface area contributed by atoms with Crippen molar-refractivity contribution >= 4 is 33.4 Å². The Bertz CT molecular complexity index is 2040. The van der Waals surface area contributed by atoms with Gasteiger partial charge in [0.2, 0.25) is 5.91 Å². The zero-order valence-electron chi connectivity index (χ0n) is 34.0. The Balaban J connectivity index is 0.000000315. The molecule has 4 N–H and O–H groups in total. The highest BCUT2D eigenvalue weighted by molar-refractivity contribution is 7.85. The van der Waals surface area contributed by atoms with Gasteiger partial charge in [-0.25, -0.2) is 0 Å².